The topological polar surface area (TPSA) is 83.5 Å². The average Bonchev–Trinajstić information content (AvgIpc) is 2.45. The Kier molecular flexibility index (Phi) is 4.70. The Morgan fingerprint density at radius 2 is 2.35 bits per heavy atom. The molecule has 0 bridgehead atoms. The number of nitrogens with one attached hydrogen (secondary N) is 2. The molecule has 0 unspecified atom stereocenters. The fourth-order valence-corrected chi connectivity index (χ4v) is 1.82. The molecule has 108 valence electrons. The standard InChI is InChI=1S/C14H19N3O3/c1-2-5-15-13(19)11-3-4-12(16-6-11)17-7-14(8-18)9-20-10-14/h2-4,6,18H,1,5,7-10H2,(H,15,19)(H,16,17). The van der Waals surface area contributed by atoms with Crippen molar-refractivity contribution in [3.8, 4) is 0 Å². The van der Waals surface area contributed by atoms with Crippen LogP contribution in [0.3, 0.4) is 0 Å². The molecule has 1 saturated heterocycles. The number of carbonyl (C=O) groups excluding carboxylic acids is 1. The van der Waals surface area contributed by atoms with Crippen molar-refractivity contribution in [2.45, 2.75) is 0 Å². The zero-order valence-electron chi connectivity index (χ0n) is 11.3. The number of rotatable bonds is 7. The zero-order valence-corrected chi connectivity index (χ0v) is 11.3. The first-order chi connectivity index (χ1) is 9.69. The number of aliphatic hydroxyl groups excluding tert-OH is 1. The molecule has 20 heavy (non-hydrogen) atoms. The Labute approximate surface area is 117 Å². The van der Waals surface area contributed by atoms with Crippen LogP contribution in [0, 0.1) is 5.41 Å². The van der Waals surface area contributed by atoms with E-state index in [1.54, 1.807) is 18.2 Å². The average molecular weight is 277 g/mol. The van der Waals surface area contributed by atoms with E-state index in [9.17, 15) is 9.90 Å². The number of hydrogen-bond donors (Lipinski definition) is 3. The quantitative estimate of drug-likeness (QED) is 0.629. The van der Waals surface area contributed by atoms with Gasteiger partial charge in [-0.25, -0.2) is 4.98 Å². The Morgan fingerprint density at radius 3 is 2.85 bits per heavy atom. The van der Waals surface area contributed by atoms with Crippen molar-refractivity contribution in [2.24, 2.45) is 5.41 Å². The van der Waals surface area contributed by atoms with Gasteiger partial charge in [-0.2, -0.15) is 0 Å². The zero-order chi connectivity index (χ0) is 14.4. The van der Waals surface area contributed by atoms with Crippen LogP contribution >= 0.6 is 0 Å². The summed E-state index contributed by atoms with van der Waals surface area (Å²) in [6, 6.07) is 3.45. The lowest BCUT2D eigenvalue weighted by molar-refractivity contribution is -0.128. The van der Waals surface area contributed by atoms with Crippen molar-refractivity contribution in [1.29, 1.82) is 0 Å². The van der Waals surface area contributed by atoms with E-state index in [0.717, 1.165) is 0 Å². The fourth-order valence-electron chi connectivity index (χ4n) is 1.82. The van der Waals surface area contributed by atoms with Crippen LogP contribution in [-0.2, 0) is 4.74 Å². The van der Waals surface area contributed by atoms with Crippen molar-refractivity contribution in [3.05, 3.63) is 36.5 Å². The van der Waals surface area contributed by atoms with Crippen molar-refractivity contribution in [2.75, 3.05) is 38.2 Å². The fraction of sp³-hybridized carbons (Fsp3) is 0.429. The van der Waals surface area contributed by atoms with E-state index in [2.05, 4.69) is 22.2 Å². The normalized spacial score (nSPS) is 16.1. The number of amides is 1. The Hall–Kier alpha value is -1.92. The third-order valence-corrected chi connectivity index (χ3v) is 3.23. The lowest BCUT2D eigenvalue weighted by atomic mass is 9.87. The van der Waals surface area contributed by atoms with Gasteiger partial charge in [-0.1, -0.05) is 6.08 Å². The Morgan fingerprint density at radius 1 is 1.55 bits per heavy atom. The molecule has 1 aromatic heterocycles. The van der Waals surface area contributed by atoms with Crippen molar-refractivity contribution < 1.29 is 14.6 Å². The second kappa shape index (κ2) is 6.49. The van der Waals surface area contributed by atoms with E-state index in [0.29, 0.717) is 37.7 Å². The van der Waals surface area contributed by atoms with E-state index in [1.165, 1.54) is 6.20 Å². The third-order valence-electron chi connectivity index (χ3n) is 3.23. The molecular formula is C14H19N3O3. The monoisotopic (exact) mass is 277 g/mol. The highest BCUT2D eigenvalue weighted by molar-refractivity contribution is 5.94. The smallest absolute Gasteiger partial charge is 0.253 e. The van der Waals surface area contributed by atoms with E-state index >= 15 is 0 Å². The van der Waals surface area contributed by atoms with Crippen molar-refractivity contribution >= 4 is 11.7 Å². The Balaban J connectivity index is 1.88. The molecule has 0 spiro atoms. The lowest BCUT2D eigenvalue weighted by Gasteiger charge is -2.39. The van der Waals surface area contributed by atoms with Gasteiger partial charge in [0.05, 0.1) is 30.8 Å². The summed E-state index contributed by atoms with van der Waals surface area (Å²) in [7, 11) is 0. The number of pyridine rings is 1. The van der Waals surface area contributed by atoms with Crippen LogP contribution in [0.2, 0.25) is 0 Å². The summed E-state index contributed by atoms with van der Waals surface area (Å²) < 4.78 is 5.12. The highest BCUT2D eigenvalue weighted by Gasteiger charge is 2.37. The molecular weight excluding hydrogens is 258 g/mol. The van der Waals surface area contributed by atoms with Crippen LogP contribution in [0.1, 0.15) is 10.4 Å². The predicted octanol–water partition coefficient (Wildman–Crippen LogP) is 0.418. The van der Waals surface area contributed by atoms with Crippen LogP contribution < -0.4 is 10.6 Å². The van der Waals surface area contributed by atoms with Crippen molar-refractivity contribution in [1.82, 2.24) is 10.3 Å². The van der Waals surface area contributed by atoms with Crippen LogP contribution in [-0.4, -0.2) is 48.9 Å². The van der Waals surface area contributed by atoms with Gasteiger partial charge in [0, 0.05) is 19.3 Å². The maximum atomic E-state index is 11.7. The summed E-state index contributed by atoms with van der Waals surface area (Å²) in [5, 5.41) is 15.1. The molecule has 1 aliphatic rings. The van der Waals surface area contributed by atoms with Gasteiger partial charge in [0.2, 0.25) is 0 Å². The maximum Gasteiger partial charge on any atom is 0.253 e. The molecule has 3 N–H and O–H groups in total. The number of nitrogens with zero attached hydrogens (tertiary/aromatic N) is 1. The SMILES string of the molecule is C=CCNC(=O)c1ccc(NCC2(CO)COC2)nc1. The number of hydrogen-bond acceptors (Lipinski definition) is 5. The van der Waals surface area contributed by atoms with E-state index in [4.69, 9.17) is 4.74 Å². The molecule has 1 aliphatic heterocycles. The summed E-state index contributed by atoms with van der Waals surface area (Å²) in [5.74, 6) is 0.494. The van der Waals surface area contributed by atoms with E-state index in [-0.39, 0.29) is 17.9 Å². The van der Waals surface area contributed by atoms with E-state index in [1.807, 2.05) is 0 Å². The highest BCUT2D eigenvalue weighted by atomic mass is 16.5. The minimum absolute atomic E-state index is 0.0854. The molecule has 6 heteroatoms. The molecule has 1 amide bonds. The maximum absolute atomic E-state index is 11.7. The van der Waals surface area contributed by atoms with Gasteiger partial charge < -0.3 is 20.5 Å². The predicted molar refractivity (Wildman–Crippen MR) is 75.6 cm³/mol. The minimum Gasteiger partial charge on any atom is -0.396 e. The van der Waals surface area contributed by atoms with Gasteiger partial charge in [-0.05, 0) is 12.1 Å². The molecule has 2 rings (SSSR count). The number of aromatic nitrogens is 1. The molecule has 0 atom stereocenters. The van der Waals surface area contributed by atoms with E-state index < -0.39 is 0 Å². The first kappa shape index (κ1) is 14.5. The second-order valence-electron chi connectivity index (χ2n) is 4.94. The summed E-state index contributed by atoms with van der Waals surface area (Å²) >= 11 is 0. The van der Waals surface area contributed by atoms with Gasteiger partial charge >= 0.3 is 0 Å². The summed E-state index contributed by atoms with van der Waals surface area (Å²) in [5.41, 5.74) is 0.294. The van der Waals surface area contributed by atoms with Crippen molar-refractivity contribution in [3.63, 3.8) is 0 Å². The second-order valence-corrected chi connectivity index (χ2v) is 4.94. The molecule has 0 aromatic carbocycles. The summed E-state index contributed by atoms with van der Waals surface area (Å²) in [6.45, 7) is 5.76. The molecule has 0 radical (unpaired) electrons. The first-order valence-electron chi connectivity index (χ1n) is 6.47. The molecule has 1 aromatic rings. The number of aliphatic hydroxyl groups is 1. The van der Waals surface area contributed by atoms with Crippen LogP contribution in [0.5, 0.6) is 0 Å². The first-order valence-corrected chi connectivity index (χ1v) is 6.47. The molecule has 2 heterocycles. The molecule has 1 fully saturated rings. The summed E-state index contributed by atoms with van der Waals surface area (Å²) in [4.78, 5) is 15.8. The van der Waals surface area contributed by atoms with Gasteiger partial charge in [0.25, 0.3) is 5.91 Å². The van der Waals surface area contributed by atoms with Gasteiger partial charge in [0.15, 0.2) is 0 Å². The van der Waals surface area contributed by atoms with Gasteiger partial charge in [-0.15, -0.1) is 6.58 Å². The third kappa shape index (κ3) is 3.34. The Bertz CT molecular complexity index is 464. The van der Waals surface area contributed by atoms with Crippen LogP contribution in [0.15, 0.2) is 31.0 Å². The highest BCUT2D eigenvalue weighted by Crippen LogP contribution is 2.26. The van der Waals surface area contributed by atoms with Crippen LogP contribution in [0.4, 0.5) is 5.82 Å². The van der Waals surface area contributed by atoms with Gasteiger partial charge in [-0.3, -0.25) is 4.79 Å². The van der Waals surface area contributed by atoms with Gasteiger partial charge in [0.1, 0.15) is 5.82 Å². The largest absolute Gasteiger partial charge is 0.396 e. The molecule has 6 nitrogen and oxygen atoms in total. The minimum atomic E-state index is -0.207. The number of ether oxygens (including phenoxy) is 1. The van der Waals surface area contributed by atoms with Crippen LogP contribution in [0.25, 0.3) is 0 Å². The molecule has 0 aliphatic carbocycles. The number of anilines is 1. The summed E-state index contributed by atoms with van der Waals surface area (Å²) in [6.07, 6.45) is 3.14. The number of carbonyl (C=O) groups is 1. The lowest BCUT2D eigenvalue weighted by Crippen LogP contribution is -2.50. The molecule has 0 saturated carbocycles.